The molecule has 0 amide bonds. The minimum Gasteiger partial charge on any atom is -0.126 e. The van der Waals surface area contributed by atoms with E-state index < -0.39 is 0 Å². The fourth-order valence-corrected chi connectivity index (χ4v) is 2.02. The Morgan fingerprint density at radius 1 is 1.15 bits per heavy atom. The molecule has 0 saturated heterocycles. The van der Waals surface area contributed by atoms with E-state index in [0.29, 0.717) is 17.7 Å². The van der Waals surface area contributed by atoms with Gasteiger partial charge in [0.2, 0.25) is 0 Å². The van der Waals surface area contributed by atoms with Crippen LogP contribution in [0.3, 0.4) is 0 Å². The maximum absolute atomic E-state index is 5.90. The highest BCUT2D eigenvalue weighted by Gasteiger charge is 2.13. The molecule has 0 aliphatic heterocycles. The van der Waals surface area contributed by atoms with Crippen molar-refractivity contribution in [1.82, 2.24) is 0 Å². The van der Waals surface area contributed by atoms with Gasteiger partial charge in [-0.05, 0) is 29.5 Å². The van der Waals surface area contributed by atoms with Gasteiger partial charge in [-0.3, -0.25) is 0 Å². The van der Waals surface area contributed by atoms with Crippen LogP contribution in [-0.4, -0.2) is 5.88 Å². The van der Waals surface area contributed by atoms with Crippen molar-refractivity contribution < 1.29 is 0 Å². The average Bonchev–Trinajstić information content (AvgIpc) is 2.09. The second kappa shape index (κ2) is 4.88. The summed E-state index contributed by atoms with van der Waals surface area (Å²) in [4.78, 5) is 0. The highest BCUT2D eigenvalue weighted by molar-refractivity contribution is 6.30. The Balaban J connectivity index is 2.86. The molecular formula is C11H14Cl2. The average molecular weight is 217 g/mol. The van der Waals surface area contributed by atoms with E-state index in [1.807, 2.05) is 12.1 Å². The maximum Gasteiger partial charge on any atom is 0.0406 e. The van der Waals surface area contributed by atoms with Crippen molar-refractivity contribution in [3.63, 3.8) is 0 Å². The first kappa shape index (κ1) is 10.9. The van der Waals surface area contributed by atoms with E-state index in [2.05, 4.69) is 26.0 Å². The van der Waals surface area contributed by atoms with Crippen LogP contribution in [0, 0.1) is 5.92 Å². The van der Waals surface area contributed by atoms with Crippen LogP contribution in [0.15, 0.2) is 24.3 Å². The van der Waals surface area contributed by atoms with E-state index >= 15 is 0 Å². The summed E-state index contributed by atoms with van der Waals surface area (Å²) in [6.07, 6.45) is 0. The van der Waals surface area contributed by atoms with Gasteiger partial charge in [-0.2, -0.15) is 0 Å². The third kappa shape index (κ3) is 2.89. The van der Waals surface area contributed by atoms with E-state index in [1.165, 1.54) is 5.56 Å². The maximum atomic E-state index is 5.90. The lowest BCUT2D eigenvalue weighted by Crippen LogP contribution is -2.07. The number of halogens is 2. The summed E-state index contributed by atoms with van der Waals surface area (Å²) in [5, 5.41) is 0.779. The molecule has 0 nitrogen and oxygen atoms in total. The Hall–Kier alpha value is -0.200. The SMILES string of the molecule is CC(C)C(CCl)c1ccc(Cl)cc1. The van der Waals surface area contributed by atoms with E-state index in [1.54, 1.807) is 0 Å². The van der Waals surface area contributed by atoms with E-state index in [9.17, 15) is 0 Å². The van der Waals surface area contributed by atoms with Gasteiger partial charge in [0.05, 0.1) is 0 Å². The number of rotatable bonds is 3. The molecule has 1 atom stereocenters. The molecule has 0 saturated carbocycles. The zero-order valence-corrected chi connectivity index (χ0v) is 9.44. The summed E-state index contributed by atoms with van der Waals surface area (Å²) in [5.41, 5.74) is 1.27. The Bertz CT molecular complexity index is 251. The number of alkyl halides is 1. The molecule has 0 aliphatic carbocycles. The van der Waals surface area contributed by atoms with Crippen molar-refractivity contribution in [3.05, 3.63) is 34.9 Å². The lowest BCUT2D eigenvalue weighted by atomic mass is 9.90. The largest absolute Gasteiger partial charge is 0.126 e. The monoisotopic (exact) mass is 216 g/mol. The summed E-state index contributed by atoms with van der Waals surface area (Å²) < 4.78 is 0. The van der Waals surface area contributed by atoms with Gasteiger partial charge in [0.25, 0.3) is 0 Å². The molecule has 13 heavy (non-hydrogen) atoms. The molecule has 1 aromatic rings. The van der Waals surface area contributed by atoms with Gasteiger partial charge in [-0.25, -0.2) is 0 Å². The summed E-state index contributed by atoms with van der Waals surface area (Å²) in [5.74, 6) is 1.66. The molecular weight excluding hydrogens is 203 g/mol. The van der Waals surface area contributed by atoms with E-state index in [0.717, 1.165) is 5.02 Å². The first-order valence-corrected chi connectivity index (χ1v) is 5.38. The molecule has 0 aromatic heterocycles. The van der Waals surface area contributed by atoms with Gasteiger partial charge < -0.3 is 0 Å². The highest BCUT2D eigenvalue weighted by Crippen LogP contribution is 2.26. The molecule has 1 unspecified atom stereocenters. The summed E-state index contributed by atoms with van der Waals surface area (Å²) >= 11 is 11.7. The Kier molecular flexibility index (Phi) is 4.08. The van der Waals surface area contributed by atoms with E-state index in [-0.39, 0.29) is 0 Å². The topological polar surface area (TPSA) is 0 Å². The van der Waals surface area contributed by atoms with Crippen LogP contribution in [0.4, 0.5) is 0 Å². The predicted octanol–water partition coefficient (Wildman–Crippen LogP) is 4.32. The zero-order chi connectivity index (χ0) is 9.84. The minimum atomic E-state index is 0.430. The van der Waals surface area contributed by atoms with Gasteiger partial charge in [-0.15, -0.1) is 11.6 Å². The Morgan fingerprint density at radius 3 is 2.08 bits per heavy atom. The molecule has 1 rings (SSSR count). The minimum absolute atomic E-state index is 0.430. The van der Waals surface area contributed by atoms with Crippen LogP contribution in [0.2, 0.25) is 5.02 Å². The van der Waals surface area contributed by atoms with Crippen LogP contribution < -0.4 is 0 Å². The second-order valence-electron chi connectivity index (χ2n) is 3.56. The van der Waals surface area contributed by atoms with Crippen LogP contribution in [-0.2, 0) is 0 Å². The Morgan fingerprint density at radius 2 is 1.69 bits per heavy atom. The summed E-state index contributed by atoms with van der Waals surface area (Å²) in [6, 6.07) is 7.93. The molecule has 0 heterocycles. The second-order valence-corrected chi connectivity index (χ2v) is 4.30. The van der Waals surface area contributed by atoms with Crippen molar-refractivity contribution >= 4 is 23.2 Å². The predicted molar refractivity (Wildman–Crippen MR) is 59.8 cm³/mol. The first-order chi connectivity index (χ1) is 6.15. The lowest BCUT2D eigenvalue weighted by Gasteiger charge is -2.18. The van der Waals surface area contributed by atoms with Gasteiger partial charge in [0, 0.05) is 10.9 Å². The molecule has 0 bridgehead atoms. The highest BCUT2D eigenvalue weighted by atomic mass is 35.5. The van der Waals surface area contributed by atoms with Gasteiger partial charge >= 0.3 is 0 Å². The van der Waals surface area contributed by atoms with Crippen molar-refractivity contribution in [2.45, 2.75) is 19.8 Å². The van der Waals surface area contributed by atoms with Gasteiger partial charge in [0.1, 0.15) is 0 Å². The smallest absolute Gasteiger partial charge is 0.0406 e. The lowest BCUT2D eigenvalue weighted by molar-refractivity contribution is 0.540. The van der Waals surface area contributed by atoms with Crippen LogP contribution in [0.25, 0.3) is 0 Å². The van der Waals surface area contributed by atoms with Crippen molar-refractivity contribution in [3.8, 4) is 0 Å². The third-order valence-corrected chi connectivity index (χ3v) is 2.85. The Labute approximate surface area is 89.9 Å². The normalized spacial score (nSPS) is 13.3. The van der Waals surface area contributed by atoms with E-state index in [4.69, 9.17) is 23.2 Å². The molecule has 0 N–H and O–H groups in total. The van der Waals surface area contributed by atoms with Crippen LogP contribution >= 0.6 is 23.2 Å². The number of hydrogen-bond acceptors (Lipinski definition) is 0. The summed E-state index contributed by atoms with van der Waals surface area (Å²) in [6.45, 7) is 4.36. The number of benzene rings is 1. The quantitative estimate of drug-likeness (QED) is 0.661. The molecule has 0 aliphatic rings. The van der Waals surface area contributed by atoms with Crippen molar-refractivity contribution in [1.29, 1.82) is 0 Å². The van der Waals surface area contributed by atoms with Gasteiger partial charge in [0.15, 0.2) is 0 Å². The van der Waals surface area contributed by atoms with Gasteiger partial charge in [-0.1, -0.05) is 37.6 Å². The van der Waals surface area contributed by atoms with Crippen LogP contribution in [0.5, 0.6) is 0 Å². The molecule has 2 heteroatoms. The third-order valence-electron chi connectivity index (χ3n) is 2.27. The first-order valence-electron chi connectivity index (χ1n) is 4.46. The standard InChI is InChI=1S/C11H14Cl2/c1-8(2)11(7-12)9-3-5-10(13)6-4-9/h3-6,8,11H,7H2,1-2H3. The zero-order valence-electron chi connectivity index (χ0n) is 7.93. The van der Waals surface area contributed by atoms with Crippen molar-refractivity contribution in [2.75, 3.05) is 5.88 Å². The summed E-state index contributed by atoms with van der Waals surface area (Å²) in [7, 11) is 0. The van der Waals surface area contributed by atoms with Crippen molar-refractivity contribution in [2.24, 2.45) is 5.92 Å². The molecule has 72 valence electrons. The molecule has 0 radical (unpaired) electrons. The molecule has 0 spiro atoms. The number of hydrogen-bond donors (Lipinski definition) is 0. The molecule has 1 aromatic carbocycles. The fourth-order valence-electron chi connectivity index (χ4n) is 1.36. The van der Waals surface area contributed by atoms with Crippen LogP contribution in [0.1, 0.15) is 25.3 Å². The molecule has 0 fully saturated rings. The fraction of sp³-hybridized carbons (Fsp3) is 0.455.